The van der Waals surface area contributed by atoms with Gasteiger partial charge in [-0.05, 0) is 0 Å². The summed E-state index contributed by atoms with van der Waals surface area (Å²) >= 11 is 0. The van der Waals surface area contributed by atoms with E-state index >= 15 is 0 Å². The summed E-state index contributed by atoms with van der Waals surface area (Å²) in [4.78, 5) is 0. The minimum absolute atomic E-state index is 0.191. The van der Waals surface area contributed by atoms with Crippen molar-refractivity contribution in [2.75, 3.05) is 33.4 Å². The Bertz CT molecular complexity index is 200. The van der Waals surface area contributed by atoms with Crippen LogP contribution in [0, 0.1) is 0 Å². The second-order valence-corrected chi connectivity index (χ2v) is 3.35. The number of hydrogen-bond donors (Lipinski definition) is 0. The fourth-order valence-corrected chi connectivity index (χ4v) is 1.24. The number of alkyl halides is 2. The molecule has 0 N–H and O–H groups in total. The van der Waals surface area contributed by atoms with Crippen LogP contribution in [0.25, 0.3) is 0 Å². The summed E-state index contributed by atoms with van der Waals surface area (Å²) in [5.74, 6) is -1.34. The van der Waals surface area contributed by atoms with Crippen LogP contribution in [0.15, 0.2) is 12.0 Å². The van der Waals surface area contributed by atoms with E-state index in [2.05, 4.69) is 0 Å². The lowest BCUT2D eigenvalue weighted by atomic mass is 10.3. The van der Waals surface area contributed by atoms with E-state index in [4.69, 9.17) is 4.74 Å². The maximum atomic E-state index is 12.6. The zero-order valence-electron chi connectivity index (χ0n) is 7.47. The minimum atomic E-state index is -3.00. The number of nitrogens with zero attached hydrogens (tertiary/aromatic N) is 1. The molecule has 1 aliphatic rings. The van der Waals surface area contributed by atoms with Crippen molar-refractivity contribution in [1.82, 2.24) is 0 Å². The Hall–Kier alpha value is -0.550. The molecule has 2 nitrogen and oxygen atoms in total. The maximum absolute atomic E-state index is 12.6. The van der Waals surface area contributed by atoms with Crippen LogP contribution < -0.4 is 0 Å². The van der Waals surface area contributed by atoms with Crippen molar-refractivity contribution in [3.05, 3.63) is 12.0 Å². The molecule has 76 valence electrons. The third kappa shape index (κ3) is 3.00. The molecule has 1 rings (SSSR count). The second kappa shape index (κ2) is 4.11. The van der Waals surface area contributed by atoms with Gasteiger partial charge in [0.25, 0.3) is 6.43 Å². The van der Waals surface area contributed by atoms with Gasteiger partial charge >= 0.3 is 0 Å². The Morgan fingerprint density at radius 1 is 1.38 bits per heavy atom. The van der Waals surface area contributed by atoms with Crippen molar-refractivity contribution in [3.63, 3.8) is 0 Å². The standard InChI is InChI=1S/C8H13F3NO/c1-12(2-4-13-5-3-12)6-7(9)8(10)11/h6,8H,2-5H2,1H3/q+1. The van der Waals surface area contributed by atoms with Crippen LogP contribution in [0.1, 0.15) is 0 Å². The molecule has 1 heterocycles. The number of quaternary nitrogens is 1. The molecule has 0 aromatic heterocycles. The van der Waals surface area contributed by atoms with E-state index in [1.54, 1.807) is 7.05 Å². The van der Waals surface area contributed by atoms with Crippen molar-refractivity contribution in [2.24, 2.45) is 0 Å². The first-order valence-corrected chi connectivity index (χ1v) is 4.12. The largest absolute Gasteiger partial charge is 0.370 e. The smallest absolute Gasteiger partial charge is 0.294 e. The third-order valence-electron chi connectivity index (χ3n) is 2.14. The molecule has 13 heavy (non-hydrogen) atoms. The van der Waals surface area contributed by atoms with Crippen LogP contribution in [0.5, 0.6) is 0 Å². The Balaban J connectivity index is 2.63. The first kappa shape index (κ1) is 10.5. The van der Waals surface area contributed by atoms with E-state index in [0.717, 1.165) is 6.20 Å². The first-order valence-electron chi connectivity index (χ1n) is 4.12. The van der Waals surface area contributed by atoms with Crippen LogP contribution >= 0.6 is 0 Å². The van der Waals surface area contributed by atoms with Gasteiger partial charge in [0.15, 0.2) is 0 Å². The Labute approximate surface area is 75.2 Å². The Morgan fingerprint density at radius 3 is 2.38 bits per heavy atom. The van der Waals surface area contributed by atoms with Gasteiger partial charge in [-0.2, -0.15) is 4.39 Å². The summed E-state index contributed by atoms with van der Waals surface area (Å²) in [6, 6.07) is 0. The van der Waals surface area contributed by atoms with Gasteiger partial charge in [-0.1, -0.05) is 0 Å². The molecule has 0 bridgehead atoms. The average molecular weight is 196 g/mol. The molecule has 1 aliphatic heterocycles. The Morgan fingerprint density at radius 2 is 1.92 bits per heavy atom. The summed E-state index contributed by atoms with van der Waals surface area (Å²) in [5.41, 5.74) is 0. The highest BCUT2D eigenvalue weighted by molar-refractivity contribution is 4.89. The number of morpholine rings is 1. The van der Waals surface area contributed by atoms with E-state index in [-0.39, 0.29) is 4.48 Å². The molecule has 5 heteroatoms. The lowest BCUT2D eigenvalue weighted by molar-refractivity contribution is -0.868. The topological polar surface area (TPSA) is 9.23 Å². The van der Waals surface area contributed by atoms with Gasteiger partial charge in [0, 0.05) is 0 Å². The molecule has 0 radical (unpaired) electrons. The van der Waals surface area contributed by atoms with E-state index in [1.807, 2.05) is 0 Å². The summed E-state index contributed by atoms with van der Waals surface area (Å²) in [6.45, 7) is 2.06. The summed E-state index contributed by atoms with van der Waals surface area (Å²) in [7, 11) is 1.71. The fourth-order valence-electron chi connectivity index (χ4n) is 1.24. The van der Waals surface area contributed by atoms with Gasteiger partial charge < -0.3 is 4.74 Å². The average Bonchev–Trinajstić information content (AvgIpc) is 2.04. The minimum Gasteiger partial charge on any atom is -0.370 e. The molecule has 1 fully saturated rings. The lowest BCUT2D eigenvalue weighted by Crippen LogP contribution is -2.47. The molecule has 0 atom stereocenters. The lowest BCUT2D eigenvalue weighted by Gasteiger charge is -2.33. The highest BCUT2D eigenvalue weighted by Crippen LogP contribution is 2.16. The molecule has 0 unspecified atom stereocenters. The zero-order valence-corrected chi connectivity index (χ0v) is 7.47. The van der Waals surface area contributed by atoms with Crippen molar-refractivity contribution in [2.45, 2.75) is 6.43 Å². The van der Waals surface area contributed by atoms with Crippen LogP contribution in [0.4, 0.5) is 13.2 Å². The van der Waals surface area contributed by atoms with Crippen molar-refractivity contribution >= 4 is 0 Å². The van der Waals surface area contributed by atoms with Gasteiger partial charge in [-0.15, -0.1) is 0 Å². The van der Waals surface area contributed by atoms with E-state index in [0.29, 0.717) is 26.3 Å². The van der Waals surface area contributed by atoms with Gasteiger partial charge in [0.2, 0.25) is 5.83 Å². The highest BCUT2D eigenvalue weighted by Gasteiger charge is 2.26. The van der Waals surface area contributed by atoms with E-state index < -0.39 is 12.3 Å². The summed E-state index contributed by atoms with van der Waals surface area (Å²) < 4.78 is 41.6. The first-order chi connectivity index (χ1) is 6.03. The SMILES string of the molecule is C[N+]1(C=C(F)C(F)F)CCOCC1. The molecule has 0 spiro atoms. The molecule has 0 saturated carbocycles. The van der Waals surface area contributed by atoms with Gasteiger partial charge in [0.1, 0.15) is 19.3 Å². The van der Waals surface area contributed by atoms with Crippen LogP contribution in [-0.2, 0) is 4.74 Å². The molecule has 0 aliphatic carbocycles. The van der Waals surface area contributed by atoms with Crippen molar-refractivity contribution in [3.8, 4) is 0 Å². The molecule has 0 aromatic carbocycles. The predicted octanol–water partition coefficient (Wildman–Crippen LogP) is 1.54. The van der Waals surface area contributed by atoms with Crippen LogP contribution in [-0.4, -0.2) is 44.3 Å². The van der Waals surface area contributed by atoms with Crippen molar-refractivity contribution in [1.29, 1.82) is 0 Å². The highest BCUT2D eigenvalue weighted by atomic mass is 19.3. The quantitative estimate of drug-likeness (QED) is 0.609. The molecule has 1 saturated heterocycles. The number of hydrogen-bond acceptors (Lipinski definition) is 1. The number of ether oxygens (including phenoxy) is 1. The predicted molar refractivity (Wildman–Crippen MR) is 41.9 cm³/mol. The number of allylic oxidation sites excluding steroid dienone is 1. The second-order valence-electron chi connectivity index (χ2n) is 3.35. The zero-order chi connectivity index (χ0) is 9.90. The third-order valence-corrected chi connectivity index (χ3v) is 2.14. The number of likely N-dealkylation sites (N-methyl/N-ethyl adjacent to an activating group) is 1. The van der Waals surface area contributed by atoms with Gasteiger partial charge in [-0.3, -0.25) is 4.48 Å². The molecule has 0 aromatic rings. The molecule has 0 amide bonds. The summed E-state index contributed by atoms with van der Waals surface area (Å²) in [5, 5.41) is 0. The number of rotatable bonds is 2. The van der Waals surface area contributed by atoms with Crippen LogP contribution in [0.3, 0.4) is 0 Å². The molecular weight excluding hydrogens is 183 g/mol. The normalized spacial score (nSPS) is 23.6. The number of halogens is 3. The maximum Gasteiger partial charge on any atom is 0.294 e. The Kier molecular flexibility index (Phi) is 3.33. The monoisotopic (exact) mass is 196 g/mol. The van der Waals surface area contributed by atoms with Crippen LogP contribution in [0.2, 0.25) is 0 Å². The molecular formula is C8H13F3NO+. The van der Waals surface area contributed by atoms with Gasteiger partial charge in [-0.25, -0.2) is 8.78 Å². The van der Waals surface area contributed by atoms with E-state index in [9.17, 15) is 13.2 Å². The summed E-state index contributed by atoms with van der Waals surface area (Å²) in [6.07, 6.45) is -2.02. The fraction of sp³-hybridized carbons (Fsp3) is 0.750. The van der Waals surface area contributed by atoms with Gasteiger partial charge in [0.05, 0.1) is 20.3 Å². The van der Waals surface area contributed by atoms with Crippen molar-refractivity contribution < 1.29 is 22.4 Å². The van der Waals surface area contributed by atoms with E-state index in [1.165, 1.54) is 0 Å².